The highest BCUT2D eigenvalue weighted by molar-refractivity contribution is 7.89. The Morgan fingerprint density at radius 1 is 1.15 bits per heavy atom. The second-order valence-electron chi connectivity index (χ2n) is 8.96. The number of imidazole rings is 1. The van der Waals surface area contributed by atoms with Gasteiger partial charge in [-0.1, -0.05) is 55.0 Å². The molecule has 3 aromatic rings. The number of carbonyl (C=O) groups excluding carboxylic acids is 1. The van der Waals surface area contributed by atoms with E-state index in [1.165, 1.54) is 4.31 Å². The SMILES string of the molecule is CCC(NC(=O)C1CCN(S(=O)(=O)c2ccc(C)cc2C)CC1)c1ncc(-c2ccccc2)[nH]1. The lowest BCUT2D eigenvalue weighted by molar-refractivity contribution is -0.127. The Labute approximate surface area is 201 Å². The van der Waals surface area contributed by atoms with Crippen molar-refractivity contribution in [2.75, 3.05) is 13.1 Å². The predicted molar refractivity (Wildman–Crippen MR) is 133 cm³/mol. The van der Waals surface area contributed by atoms with Gasteiger partial charge >= 0.3 is 0 Å². The van der Waals surface area contributed by atoms with Crippen LogP contribution in [0.15, 0.2) is 59.6 Å². The van der Waals surface area contributed by atoms with E-state index in [2.05, 4.69) is 15.3 Å². The molecular weight excluding hydrogens is 448 g/mol. The minimum Gasteiger partial charge on any atom is -0.346 e. The molecular formula is C26H32N4O3S. The van der Waals surface area contributed by atoms with E-state index >= 15 is 0 Å². The van der Waals surface area contributed by atoms with E-state index in [9.17, 15) is 13.2 Å². The van der Waals surface area contributed by atoms with Crippen molar-refractivity contribution in [3.05, 3.63) is 71.7 Å². The number of piperidine rings is 1. The smallest absolute Gasteiger partial charge is 0.243 e. The Morgan fingerprint density at radius 3 is 2.50 bits per heavy atom. The number of nitrogens with one attached hydrogen (secondary N) is 2. The Hall–Kier alpha value is -2.97. The maximum atomic E-state index is 13.1. The van der Waals surface area contributed by atoms with E-state index in [0.717, 1.165) is 28.2 Å². The Kier molecular flexibility index (Phi) is 7.19. The van der Waals surface area contributed by atoms with Gasteiger partial charge in [-0.05, 0) is 50.3 Å². The number of hydrogen-bond donors (Lipinski definition) is 2. The summed E-state index contributed by atoms with van der Waals surface area (Å²) in [6.45, 7) is 6.45. The molecule has 0 bridgehead atoms. The van der Waals surface area contributed by atoms with E-state index in [4.69, 9.17) is 0 Å². The van der Waals surface area contributed by atoms with Gasteiger partial charge in [-0.2, -0.15) is 4.31 Å². The second-order valence-corrected chi connectivity index (χ2v) is 10.9. The molecule has 0 aliphatic carbocycles. The first-order valence-corrected chi connectivity index (χ1v) is 13.2. The minimum atomic E-state index is -3.57. The number of nitrogens with zero attached hydrogens (tertiary/aromatic N) is 2. The first kappa shape index (κ1) is 24.2. The molecule has 1 saturated heterocycles. The quantitative estimate of drug-likeness (QED) is 0.525. The third kappa shape index (κ3) is 5.08. The van der Waals surface area contributed by atoms with Crippen LogP contribution in [0.25, 0.3) is 11.3 Å². The fraction of sp³-hybridized carbons (Fsp3) is 0.385. The van der Waals surface area contributed by atoms with Crippen LogP contribution in [0, 0.1) is 19.8 Å². The fourth-order valence-electron chi connectivity index (χ4n) is 4.52. The lowest BCUT2D eigenvalue weighted by Crippen LogP contribution is -2.43. The zero-order valence-electron chi connectivity index (χ0n) is 19.9. The molecule has 1 aromatic heterocycles. The standard InChI is InChI=1S/C26H32N4O3S/c1-4-22(25-27-17-23(28-25)20-8-6-5-7-9-20)29-26(31)21-12-14-30(15-13-21)34(32,33)24-11-10-18(2)16-19(24)3/h5-11,16-17,21-22H,4,12-15H2,1-3H3,(H,27,28)(H,29,31). The van der Waals surface area contributed by atoms with Gasteiger partial charge in [0.25, 0.3) is 0 Å². The zero-order valence-corrected chi connectivity index (χ0v) is 20.7. The maximum Gasteiger partial charge on any atom is 0.243 e. The van der Waals surface area contributed by atoms with Gasteiger partial charge in [0.2, 0.25) is 15.9 Å². The molecule has 1 aliphatic rings. The summed E-state index contributed by atoms with van der Waals surface area (Å²) in [5.74, 6) is 0.459. The number of aromatic nitrogens is 2. The Balaban J connectivity index is 1.38. The van der Waals surface area contributed by atoms with Crippen LogP contribution < -0.4 is 5.32 Å². The number of carbonyl (C=O) groups is 1. The minimum absolute atomic E-state index is 0.0481. The third-order valence-electron chi connectivity index (χ3n) is 6.51. The van der Waals surface area contributed by atoms with Crippen molar-refractivity contribution in [3.8, 4) is 11.3 Å². The number of aromatic amines is 1. The van der Waals surface area contributed by atoms with Gasteiger partial charge in [0.05, 0.1) is 22.8 Å². The van der Waals surface area contributed by atoms with Gasteiger partial charge in [0.1, 0.15) is 5.82 Å². The summed E-state index contributed by atoms with van der Waals surface area (Å²) in [5.41, 5.74) is 3.73. The summed E-state index contributed by atoms with van der Waals surface area (Å²) in [7, 11) is -3.57. The van der Waals surface area contributed by atoms with E-state index < -0.39 is 10.0 Å². The molecule has 0 spiro atoms. The molecule has 1 fully saturated rings. The number of rotatable bonds is 7. The number of benzene rings is 2. The summed E-state index contributed by atoms with van der Waals surface area (Å²) in [5, 5.41) is 3.12. The lowest BCUT2D eigenvalue weighted by atomic mass is 9.96. The van der Waals surface area contributed by atoms with Gasteiger partial charge < -0.3 is 10.3 Å². The summed E-state index contributed by atoms with van der Waals surface area (Å²) in [6, 6.07) is 15.1. The molecule has 4 rings (SSSR count). The molecule has 2 N–H and O–H groups in total. The average Bonchev–Trinajstić information content (AvgIpc) is 3.33. The van der Waals surface area contributed by atoms with Crippen molar-refractivity contribution >= 4 is 15.9 Å². The van der Waals surface area contributed by atoms with Gasteiger partial charge in [0, 0.05) is 19.0 Å². The number of amides is 1. The van der Waals surface area contributed by atoms with Gasteiger partial charge in [-0.3, -0.25) is 4.79 Å². The fourth-order valence-corrected chi connectivity index (χ4v) is 6.19. The first-order chi connectivity index (χ1) is 16.3. The number of sulfonamides is 1. The van der Waals surface area contributed by atoms with Crippen LogP contribution in [0.3, 0.4) is 0 Å². The molecule has 0 saturated carbocycles. The average molecular weight is 481 g/mol. The summed E-state index contributed by atoms with van der Waals surface area (Å²) in [4.78, 5) is 21.2. The van der Waals surface area contributed by atoms with Crippen LogP contribution in [0.5, 0.6) is 0 Å². The van der Waals surface area contributed by atoms with E-state index in [0.29, 0.717) is 37.2 Å². The molecule has 34 heavy (non-hydrogen) atoms. The third-order valence-corrected chi connectivity index (χ3v) is 8.57. The van der Waals surface area contributed by atoms with Crippen LogP contribution >= 0.6 is 0 Å². The van der Waals surface area contributed by atoms with Crippen LogP contribution in [0.2, 0.25) is 0 Å². The van der Waals surface area contributed by atoms with E-state index in [-0.39, 0.29) is 17.9 Å². The van der Waals surface area contributed by atoms with Crippen molar-refractivity contribution in [2.24, 2.45) is 5.92 Å². The van der Waals surface area contributed by atoms with Gasteiger partial charge in [0.15, 0.2) is 0 Å². The van der Waals surface area contributed by atoms with Crippen molar-refractivity contribution in [1.82, 2.24) is 19.6 Å². The summed E-state index contributed by atoms with van der Waals surface area (Å²) in [6.07, 6.45) is 3.49. The maximum absolute atomic E-state index is 13.1. The van der Waals surface area contributed by atoms with Crippen molar-refractivity contribution in [2.45, 2.75) is 51.0 Å². The summed E-state index contributed by atoms with van der Waals surface area (Å²) >= 11 is 0. The van der Waals surface area contributed by atoms with Crippen molar-refractivity contribution in [3.63, 3.8) is 0 Å². The molecule has 2 heterocycles. The predicted octanol–water partition coefficient (Wildman–Crippen LogP) is 4.36. The van der Waals surface area contributed by atoms with Crippen LogP contribution in [-0.4, -0.2) is 41.7 Å². The molecule has 1 unspecified atom stereocenters. The zero-order chi connectivity index (χ0) is 24.3. The second kappa shape index (κ2) is 10.1. The molecule has 1 atom stereocenters. The molecule has 0 radical (unpaired) electrons. The molecule has 1 aliphatic heterocycles. The summed E-state index contributed by atoms with van der Waals surface area (Å²) < 4.78 is 27.8. The van der Waals surface area contributed by atoms with E-state index in [1.807, 2.05) is 63.2 Å². The largest absolute Gasteiger partial charge is 0.346 e. The van der Waals surface area contributed by atoms with Gasteiger partial charge in [-0.15, -0.1) is 0 Å². The van der Waals surface area contributed by atoms with Crippen molar-refractivity contribution < 1.29 is 13.2 Å². The highest BCUT2D eigenvalue weighted by atomic mass is 32.2. The highest BCUT2D eigenvalue weighted by Crippen LogP contribution is 2.27. The number of H-pyrrole nitrogens is 1. The monoisotopic (exact) mass is 480 g/mol. The van der Waals surface area contributed by atoms with Crippen LogP contribution in [0.4, 0.5) is 0 Å². The molecule has 2 aromatic carbocycles. The lowest BCUT2D eigenvalue weighted by Gasteiger charge is -2.31. The molecule has 180 valence electrons. The molecule has 1 amide bonds. The highest BCUT2D eigenvalue weighted by Gasteiger charge is 2.33. The first-order valence-electron chi connectivity index (χ1n) is 11.8. The molecule has 8 heteroatoms. The Bertz CT molecular complexity index is 1250. The van der Waals surface area contributed by atoms with E-state index in [1.54, 1.807) is 12.3 Å². The number of hydrogen-bond acceptors (Lipinski definition) is 4. The topological polar surface area (TPSA) is 95.2 Å². The Morgan fingerprint density at radius 2 is 1.85 bits per heavy atom. The van der Waals surface area contributed by atoms with Gasteiger partial charge in [-0.25, -0.2) is 13.4 Å². The molecule has 7 nitrogen and oxygen atoms in total. The van der Waals surface area contributed by atoms with Crippen LogP contribution in [0.1, 0.15) is 49.2 Å². The normalized spacial score (nSPS) is 16.3. The van der Waals surface area contributed by atoms with Crippen molar-refractivity contribution in [1.29, 1.82) is 0 Å². The van der Waals surface area contributed by atoms with Crippen LogP contribution in [-0.2, 0) is 14.8 Å². The number of aryl methyl sites for hydroxylation is 2.